The van der Waals surface area contributed by atoms with Gasteiger partial charge >= 0.3 is 0 Å². The zero-order valence-corrected chi connectivity index (χ0v) is 16.5. The van der Waals surface area contributed by atoms with E-state index in [0.717, 1.165) is 22.4 Å². The normalized spacial score (nSPS) is 11.0. The number of carbonyl (C=O) groups excluding carboxylic acids is 1. The van der Waals surface area contributed by atoms with Crippen molar-refractivity contribution in [1.29, 1.82) is 0 Å². The number of anilines is 1. The molecule has 0 saturated carbocycles. The summed E-state index contributed by atoms with van der Waals surface area (Å²) in [5.74, 6) is -0.261. The zero-order valence-electron chi connectivity index (χ0n) is 13.4. The summed E-state index contributed by atoms with van der Waals surface area (Å²) in [7, 11) is 0. The summed E-state index contributed by atoms with van der Waals surface area (Å²) >= 11 is 19.2. The van der Waals surface area contributed by atoms with Gasteiger partial charge in [-0.1, -0.05) is 53.0 Å². The lowest BCUT2D eigenvalue weighted by molar-refractivity contribution is -0.111. The zero-order chi connectivity index (χ0) is 18.5. The van der Waals surface area contributed by atoms with Gasteiger partial charge in [0, 0.05) is 28.6 Å². The molecule has 7 heteroatoms. The van der Waals surface area contributed by atoms with Crippen LogP contribution in [0.25, 0.3) is 6.08 Å². The predicted molar refractivity (Wildman–Crippen MR) is 110 cm³/mol. The van der Waals surface area contributed by atoms with Crippen LogP contribution in [0.3, 0.4) is 0 Å². The Labute approximate surface area is 170 Å². The second-order valence-corrected chi connectivity index (χ2v) is 7.80. The third-order valence-corrected chi connectivity index (χ3v) is 5.35. The highest BCUT2D eigenvalue weighted by atomic mass is 35.5. The van der Waals surface area contributed by atoms with Crippen LogP contribution in [0.5, 0.6) is 0 Å². The summed E-state index contributed by atoms with van der Waals surface area (Å²) in [6.07, 6.45) is 5.60. The largest absolute Gasteiger partial charge is 0.298 e. The first kappa shape index (κ1) is 18.9. The van der Waals surface area contributed by atoms with E-state index < -0.39 is 0 Å². The van der Waals surface area contributed by atoms with Gasteiger partial charge in [0.05, 0.1) is 10.0 Å². The Kier molecular flexibility index (Phi) is 6.33. The lowest BCUT2D eigenvalue weighted by Crippen LogP contribution is -2.07. The SMILES string of the molecule is O=C(/C=C\c1ccc(Cl)c(Cl)c1)Nc1ncc(Cc2ccc(Cl)cc2)s1. The Morgan fingerprint density at radius 1 is 1.08 bits per heavy atom. The van der Waals surface area contributed by atoms with Crippen molar-refractivity contribution in [3.8, 4) is 0 Å². The first-order valence-corrected chi connectivity index (χ1v) is 9.58. The number of thiazole rings is 1. The summed E-state index contributed by atoms with van der Waals surface area (Å²) in [6, 6.07) is 12.8. The molecule has 0 aliphatic heterocycles. The smallest absolute Gasteiger partial charge is 0.250 e. The van der Waals surface area contributed by atoms with Crippen molar-refractivity contribution in [1.82, 2.24) is 4.98 Å². The van der Waals surface area contributed by atoms with Crippen molar-refractivity contribution in [2.45, 2.75) is 6.42 Å². The number of aromatic nitrogens is 1. The van der Waals surface area contributed by atoms with Crippen LogP contribution in [0.15, 0.2) is 54.7 Å². The minimum atomic E-state index is -0.261. The summed E-state index contributed by atoms with van der Waals surface area (Å²) in [5, 5.41) is 4.94. The van der Waals surface area contributed by atoms with E-state index in [4.69, 9.17) is 34.8 Å². The minimum Gasteiger partial charge on any atom is -0.298 e. The molecule has 3 aromatic rings. The molecule has 0 radical (unpaired) electrons. The Morgan fingerprint density at radius 3 is 2.58 bits per heavy atom. The number of hydrogen-bond acceptors (Lipinski definition) is 3. The van der Waals surface area contributed by atoms with Gasteiger partial charge < -0.3 is 0 Å². The van der Waals surface area contributed by atoms with E-state index in [2.05, 4.69) is 10.3 Å². The molecule has 0 aliphatic rings. The number of nitrogens with zero attached hydrogens (tertiary/aromatic N) is 1. The fraction of sp³-hybridized carbons (Fsp3) is 0.0526. The molecule has 0 atom stereocenters. The Bertz CT molecular complexity index is 952. The van der Waals surface area contributed by atoms with E-state index in [1.807, 2.05) is 24.3 Å². The minimum absolute atomic E-state index is 0.261. The van der Waals surface area contributed by atoms with Crippen molar-refractivity contribution in [2.75, 3.05) is 5.32 Å². The van der Waals surface area contributed by atoms with Gasteiger partial charge in [-0.25, -0.2) is 4.98 Å². The molecular formula is C19H13Cl3N2OS. The molecule has 26 heavy (non-hydrogen) atoms. The van der Waals surface area contributed by atoms with Crippen molar-refractivity contribution in [2.24, 2.45) is 0 Å². The first-order valence-electron chi connectivity index (χ1n) is 7.63. The first-order chi connectivity index (χ1) is 12.5. The lowest BCUT2D eigenvalue weighted by atomic mass is 10.1. The molecule has 1 amide bonds. The third-order valence-electron chi connectivity index (χ3n) is 3.45. The Morgan fingerprint density at radius 2 is 1.85 bits per heavy atom. The molecule has 3 nitrogen and oxygen atoms in total. The van der Waals surface area contributed by atoms with Crippen LogP contribution in [0, 0.1) is 0 Å². The van der Waals surface area contributed by atoms with Crippen LogP contribution >= 0.6 is 46.1 Å². The number of carbonyl (C=O) groups is 1. The van der Waals surface area contributed by atoms with E-state index in [1.54, 1.807) is 30.5 Å². The summed E-state index contributed by atoms with van der Waals surface area (Å²) in [6.45, 7) is 0. The van der Waals surface area contributed by atoms with Gasteiger partial charge in [-0.2, -0.15) is 0 Å². The number of rotatable bonds is 5. The average Bonchev–Trinajstić information content (AvgIpc) is 3.05. The number of hydrogen-bond donors (Lipinski definition) is 1. The quantitative estimate of drug-likeness (QED) is 0.486. The highest BCUT2D eigenvalue weighted by Crippen LogP contribution is 2.24. The molecule has 2 aromatic carbocycles. The lowest BCUT2D eigenvalue weighted by Gasteiger charge is -1.99. The second-order valence-electron chi connectivity index (χ2n) is 5.43. The maximum Gasteiger partial charge on any atom is 0.250 e. The highest BCUT2D eigenvalue weighted by Gasteiger charge is 2.06. The molecule has 1 heterocycles. The van der Waals surface area contributed by atoms with Crippen LogP contribution in [0.1, 0.15) is 16.0 Å². The van der Waals surface area contributed by atoms with E-state index in [0.29, 0.717) is 20.2 Å². The molecule has 0 unspecified atom stereocenters. The number of benzene rings is 2. The number of nitrogens with one attached hydrogen (secondary N) is 1. The predicted octanol–water partition coefficient (Wildman–Crippen LogP) is 6.35. The van der Waals surface area contributed by atoms with Crippen molar-refractivity contribution < 1.29 is 4.79 Å². The van der Waals surface area contributed by atoms with Gasteiger partial charge in [-0.3, -0.25) is 10.1 Å². The fourth-order valence-corrected chi connectivity index (χ4v) is 3.47. The monoisotopic (exact) mass is 422 g/mol. The Hall–Kier alpha value is -1.85. The van der Waals surface area contributed by atoms with Crippen molar-refractivity contribution in [3.05, 3.63) is 85.8 Å². The molecule has 132 valence electrons. The van der Waals surface area contributed by atoms with Gasteiger partial charge in [0.25, 0.3) is 0 Å². The molecule has 0 spiro atoms. The van der Waals surface area contributed by atoms with E-state index in [9.17, 15) is 4.79 Å². The van der Waals surface area contributed by atoms with E-state index in [1.165, 1.54) is 17.4 Å². The standard InChI is InChI=1S/C19H13Cl3N2OS/c20-14-5-1-12(2-6-14)9-15-11-23-19(26-15)24-18(25)8-4-13-3-7-16(21)17(22)10-13/h1-8,10-11H,9H2,(H,23,24,25)/b8-4-. The van der Waals surface area contributed by atoms with Crippen LogP contribution in [0.2, 0.25) is 15.1 Å². The Balaban J connectivity index is 1.59. The topological polar surface area (TPSA) is 42.0 Å². The number of amides is 1. The third kappa shape index (κ3) is 5.32. The summed E-state index contributed by atoms with van der Waals surface area (Å²) in [4.78, 5) is 17.3. The summed E-state index contributed by atoms with van der Waals surface area (Å²) < 4.78 is 0. The molecule has 1 N–H and O–H groups in total. The van der Waals surface area contributed by atoms with Crippen LogP contribution in [0.4, 0.5) is 5.13 Å². The van der Waals surface area contributed by atoms with Crippen LogP contribution in [-0.2, 0) is 11.2 Å². The van der Waals surface area contributed by atoms with Crippen molar-refractivity contribution >= 4 is 63.3 Å². The molecule has 0 aliphatic carbocycles. The maximum absolute atomic E-state index is 12.0. The summed E-state index contributed by atoms with van der Waals surface area (Å²) in [5.41, 5.74) is 1.92. The molecule has 0 fully saturated rings. The molecule has 3 rings (SSSR count). The van der Waals surface area contributed by atoms with Gasteiger partial charge in [-0.05, 0) is 41.5 Å². The average molecular weight is 424 g/mol. The van der Waals surface area contributed by atoms with Crippen LogP contribution in [-0.4, -0.2) is 10.9 Å². The van der Waals surface area contributed by atoms with Crippen molar-refractivity contribution in [3.63, 3.8) is 0 Å². The molecule has 1 aromatic heterocycles. The van der Waals surface area contributed by atoms with Crippen LogP contribution < -0.4 is 5.32 Å². The molecular weight excluding hydrogens is 411 g/mol. The maximum atomic E-state index is 12.0. The molecule has 0 bridgehead atoms. The highest BCUT2D eigenvalue weighted by molar-refractivity contribution is 7.15. The van der Waals surface area contributed by atoms with Gasteiger partial charge in [0.15, 0.2) is 5.13 Å². The van der Waals surface area contributed by atoms with E-state index >= 15 is 0 Å². The molecule has 0 saturated heterocycles. The van der Waals surface area contributed by atoms with Gasteiger partial charge in [0.1, 0.15) is 0 Å². The van der Waals surface area contributed by atoms with Gasteiger partial charge in [0.2, 0.25) is 5.91 Å². The van der Waals surface area contributed by atoms with E-state index in [-0.39, 0.29) is 5.91 Å². The van der Waals surface area contributed by atoms with Gasteiger partial charge in [-0.15, -0.1) is 11.3 Å². The second kappa shape index (κ2) is 8.69. The number of halogens is 3. The fourth-order valence-electron chi connectivity index (χ4n) is 2.19.